The highest BCUT2D eigenvalue weighted by Crippen LogP contribution is 2.47. The van der Waals surface area contributed by atoms with Crippen molar-refractivity contribution in [2.45, 2.75) is 56.9 Å². The fourth-order valence-corrected chi connectivity index (χ4v) is 3.15. The van der Waals surface area contributed by atoms with Crippen LogP contribution in [0.15, 0.2) is 12.7 Å². The molecule has 1 amide bonds. The molecule has 128 valence electrons. The van der Waals surface area contributed by atoms with Crippen molar-refractivity contribution in [1.82, 2.24) is 0 Å². The lowest BCUT2D eigenvalue weighted by molar-refractivity contribution is -0.887. The highest BCUT2D eigenvalue weighted by Gasteiger charge is 2.72. The fourth-order valence-electron chi connectivity index (χ4n) is 3.15. The minimum atomic E-state index is -5.48. The van der Waals surface area contributed by atoms with E-state index >= 15 is 0 Å². The number of hydrogen-bond acceptors (Lipinski definition) is 1. The van der Waals surface area contributed by atoms with E-state index in [9.17, 15) is 31.1 Å². The third kappa shape index (κ3) is 2.89. The molecule has 0 aromatic carbocycles. The maximum absolute atomic E-state index is 14.3. The molecule has 2 unspecified atom stereocenters. The van der Waals surface area contributed by atoms with Crippen molar-refractivity contribution in [3.8, 4) is 0 Å². The van der Waals surface area contributed by atoms with Crippen molar-refractivity contribution in [2.75, 3.05) is 13.1 Å². The first-order valence-electron chi connectivity index (χ1n) is 7.15. The van der Waals surface area contributed by atoms with Crippen molar-refractivity contribution in [3.05, 3.63) is 12.7 Å². The summed E-state index contributed by atoms with van der Waals surface area (Å²) in [7, 11) is 0. The van der Waals surface area contributed by atoms with Gasteiger partial charge in [0.05, 0.1) is 13.1 Å². The number of hydrogen-bond donors (Lipinski definition) is 0. The molecule has 1 rings (SSSR count). The third-order valence-electron chi connectivity index (χ3n) is 4.45. The number of halogens is 6. The van der Waals surface area contributed by atoms with E-state index < -0.39 is 41.1 Å². The van der Waals surface area contributed by atoms with Gasteiger partial charge in [-0.15, -0.1) is 0 Å². The summed E-state index contributed by atoms with van der Waals surface area (Å²) in [5.74, 6) is -11.3. The number of alkyl halides is 6. The monoisotopic (exact) mass is 332 g/mol. The van der Waals surface area contributed by atoms with Crippen LogP contribution in [0.5, 0.6) is 0 Å². The van der Waals surface area contributed by atoms with Gasteiger partial charge in [-0.2, -0.15) is 17.6 Å². The molecule has 0 saturated carbocycles. The van der Waals surface area contributed by atoms with E-state index in [4.69, 9.17) is 0 Å². The molecule has 22 heavy (non-hydrogen) atoms. The van der Waals surface area contributed by atoms with E-state index in [0.717, 1.165) is 6.08 Å². The minimum absolute atomic E-state index is 0.0824. The first kappa shape index (κ1) is 19.0. The highest BCUT2D eigenvalue weighted by atomic mass is 19.3. The van der Waals surface area contributed by atoms with Crippen LogP contribution in [0.3, 0.4) is 0 Å². The Labute approximate surface area is 125 Å². The fraction of sp³-hybridized carbons (Fsp3) is 0.786. The number of carbonyl (C=O) groups excluding carboxylic acids is 1. The average Bonchev–Trinajstić information content (AvgIpc) is 2.69. The molecule has 1 aliphatic heterocycles. The first-order valence-corrected chi connectivity index (χ1v) is 7.15. The lowest BCUT2D eigenvalue weighted by Gasteiger charge is -2.44. The SMILES string of the molecule is C=CC(=O)[N+]1(CC)CCCCCC1C(F)(F)C(F)(F)C(F)F. The van der Waals surface area contributed by atoms with E-state index in [-0.39, 0.29) is 19.5 Å². The van der Waals surface area contributed by atoms with Gasteiger partial charge in [0, 0.05) is 12.5 Å². The molecule has 8 heteroatoms. The zero-order chi connectivity index (χ0) is 17.2. The molecule has 0 radical (unpaired) electrons. The summed E-state index contributed by atoms with van der Waals surface area (Å²) in [6.07, 6.45) is -3.05. The van der Waals surface area contributed by atoms with Gasteiger partial charge < -0.3 is 0 Å². The Bertz CT molecular complexity index is 426. The number of rotatable bonds is 5. The van der Waals surface area contributed by atoms with Crippen LogP contribution in [0.4, 0.5) is 26.3 Å². The second-order valence-corrected chi connectivity index (χ2v) is 5.53. The number of amides is 1. The van der Waals surface area contributed by atoms with Crippen molar-refractivity contribution in [2.24, 2.45) is 0 Å². The summed E-state index contributed by atoms with van der Waals surface area (Å²) >= 11 is 0. The molecule has 1 aliphatic rings. The first-order chi connectivity index (χ1) is 10.1. The molecule has 0 spiro atoms. The van der Waals surface area contributed by atoms with Crippen molar-refractivity contribution in [3.63, 3.8) is 0 Å². The van der Waals surface area contributed by atoms with Gasteiger partial charge >= 0.3 is 24.2 Å². The molecule has 0 aromatic rings. The van der Waals surface area contributed by atoms with Gasteiger partial charge in [0.1, 0.15) is 0 Å². The molecular weight excluding hydrogens is 312 g/mol. The molecule has 0 aliphatic carbocycles. The molecule has 1 fully saturated rings. The third-order valence-corrected chi connectivity index (χ3v) is 4.45. The van der Waals surface area contributed by atoms with Gasteiger partial charge in [0.2, 0.25) is 0 Å². The van der Waals surface area contributed by atoms with Crippen molar-refractivity contribution >= 4 is 5.91 Å². The number of quaternary nitrogens is 1. The average molecular weight is 332 g/mol. The molecule has 2 atom stereocenters. The summed E-state index contributed by atoms with van der Waals surface area (Å²) in [4.78, 5) is 12.1. The lowest BCUT2D eigenvalue weighted by atomic mass is 9.95. The van der Waals surface area contributed by atoms with Crippen LogP contribution in [-0.4, -0.2) is 47.8 Å². The highest BCUT2D eigenvalue weighted by molar-refractivity contribution is 5.81. The van der Waals surface area contributed by atoms with Crippen LogP contribution in [0.2, 0.25) is 0 Å². The van der Waals surface area contributed by atoms with Crippen LogP contribution < -0.4 is 0 Å². The van der Waals surface area contributed by atoms with E-state index in [1.54, 1.807) is 0 Å². The zero-order valence-electron chi connectivity index (χ0n) is 12.3. The summed E-state index contributed by atoms with van der Waals surface area (Å²) in [5, 5.41) is 0. The van der Waals surface area contributed by atoms with Gasteiger partial charge in [-0.25, -0.2) is 18.1 Å². The van der Waals surface area contributed by atoms with E-state index in [1.807, 2.05) is 0 Å². The Morgan fingerprint density at radius 3 is 2.32 bits per heavy atom. The van der Waals surface area contributed by atoms with Gasteiger partial charge in [0.15, 0.2) is 6.04 Å². The largest absolute Gasteiger partial charge is 0.375 e. The normalized spacial score (nSPS) is 27.5. The molecule has 1 saturated heterocycles. The zero-order valence-corrected chi connectivity index (χ0v) is 12.3. The summed E-state index contributed by atoms with van der Waals surface area (Å²) in [6, 6.07) is -2.19. The van der Waals surface area contributed by atoms with Crippen molar-refractivity contribution in [1.29, 1.82) is 0 Å². The predicted octanol–water partition coefficient (Wildman–Crippen LogP) is 4.01. The minimum Gasteiger partial charge on any atom is -0.249 e. The summed E-state index contributed by atoms with van der Waals surface area (Å²) < 4.78 is 79.4. The maximum Gasteiger partial charge on any atom is 0.375 e. The molecule has 0 aromatic heterocycles. The molecular formula is C14H20F6NO+. The maximum atomic E-state index is 14.3. The van der Waals surface area contributed by atoms with E-state index in [2.05, 4.69) is 6.58 Å². The van der Waals surface area contributed by atoms with E-state index in [0.29, 0.717) is 12.8 Å². The Morgan fingerprint density at radius 2 is 1.86 bits per heavy atom. The van der Waals surface area contributed by atoms with Crippen LogP contribution in [-0.2, 0) is 4.79 Å². The predicted molar refractivity (Wildman–Crippen MR) is 69.0 cm³/mol. The quantitative estimate of drug-likeness (QED) is 0.422. The summed E-state index contributed by atoms with van der Waals surface area (Å²) in [5.41, 5.74) is 0. The van der Waals surface area contributed by atoms with Gasteiger partial charge in [0.25, 0.3) is 0 Å². The van der Waals surface area contributed by atoms with Crippen LogP contribution in [0.1, 0.15) is 32.6 Å². The summed E-state index contributed by atoms with van der Waals surface area (Å²) in [6.45, 7) is 4.38. The van der Waals surface area contributed by atoms with Crippen LogP contribution in [0.25, 0.3) is 0 Å². The number of likely N-dealkylation sites (N-methyl/N-ethyl adjacent to an activating group) is 1. The number of likely N-dealkylation sites (tertiary alicyclic amines) is 1. The topological polar surface area (TPSA) is 17.1 Å². The van der Waals surface area contributed by atoms with E-state index in [1.165, 1.54) is 6.92 Å². The lowest BCUT2D eigenvalue weighted by Crippen LogP contribution is -2.69. The number of nitrogens with zero attached hydrogens (tertiary/aromatic N) is 1. The van der Waals surface area contributed by atoms with Crippen LogP contribution >= 0.6 is 0 Å². The Hall–Kier alpha value is -1.05. The second kappa shape index (κ2) is 6.60. The van der Waals surface area contributed by atoms with Crippen molar-refractivity contribution < 1.29 is 35.6 Å². The Kier molecular flexibility index (Phi) is 5.70. The number of carbonyl (C=O) groups is 1. The van der Waals surface area contributed by atoms with Gasteiger partial charge in [-0.05, 0) is 26.2 Å². The molecule has 2 nitrogen and oxygen atoms in total. The molecule has 0 N–H and O–H groups in total. The smallest absolute Gasteiger partial charge is 0.249 e. The van der Waals surface area contributed by atoms with Gasteiger partial charge in [-0.3, -0.25) is 0 Å². The Morgan fingerprint density at radius 1 is 1.27 bits per heavy atom. The van der Waals surface area contributed by atoms with Crippen LogP contribution in [0, 0.1) is 0 Å². The van der Waals surface area contributed by atoms with Gasteiger partial charge in [-0.1, -0.05) is 6.58 Å². The second-order valence-electron chi connectivity index (χ2n) is 5.53. The molecule has 0 bridgehead atoms. The molecule has 1 heterocycles. The Balaban J connectivity index is 3.41. The standard InChI is InChI=1S/C14H20F6NO/c1-3-11(22)21(4-2)9-7-5-6-8-10(21)13(17,18)14(19,20)12(15)16/h3,10,12H,1,4-9H2,2H3/q+1.